The molecule has 0 aliphatic carbocycles. The van der Waals surface area contributed by atoms with Gasteiger partial charge in [0.1, 0.15) is 6.17 Å². The highest BCUT2D eigenvalue weighted by Gasteiger charge is 2.25. The minimum Gasteiger partial charge on any atom is -0.373 e. The molecule has 7 aromatic rings. The summed E-state index contributed by atoms with van der Waals surface area (Å²) in [5, 5.41) is 12.4. The molecule has 0 bridgehead atoms. The van der Waals surface area contributed by atoms with Crippen LogP contribution in [0, 0.1) is 0 Å². The maximum absolute atomic E-state index is 5.20. The second kappa shape index (κ2) is 13.0. The lowest BCUT2D eigenvalue weighted by atomic mass is 9.93. The molecule has 4 heterocycles. The maximum atomic E-state index is 5.20. The number of benzene rings is 5. The van der Waals surface area contributed by atoms with Gasteiger partial charge >= 0.3 is 0 Å². The van der Waals surface area contributed by atoms with E-state index in [2.05, 4.69) is 179 Å². The van der Waals surface area contributed by atoms with Crippen molar-refractivity contribution in [1.29, 1.82) is 0 Å². The summed E-state index contributed by atoms with van der Waals surface area (Å²) in [6, 6.07) is 53.4. The topological polar surface area (TPSA) is 61.9 Å². The van der Waals surface area contributed by atoms with Gasteiger partial charge in [-0.15, -0.1) is 0 Å². The number of hydrogen-bond acceptors (Lipinski definition) is 5. The van der Waals surface area contributed by atoms with E-state index in [0.717, 1.165) is 61.5 Å². The molecule has 5 aromatic carbocycles. The molecule has 0 fully saturated rings. The first-order valence-corrected chi connectivity index (χ1v) is 17.1. The summed E-state index contributed by atoms with van der Waals surface area (Å²) >= 11 is 0. The van der Waals surface area contributed by atoms with Crippen LogP contribution in [0.4, 0.5) is 5.69 Å². The van der Waals surface area contributed by atoms with E-state index in [1.54, 1.807) is 0 Å². The van der Waals surface area contributed by atoms with Crippen molar-refractivity contribution in [1.82, 2.24) is 20.6 Å². The Morgan fingerprint density at radius 1 is 0.560 bits per heavy atom. The van der Waals surface area contributed by atoms with E-state index in [4.69, 9.17) is 4.98 Å². The Morgan fingerprint density at radius 2 is 1.30 bits per heavy atom. The fourth-order valence-electron chi connectivity index (χ4n) is 7.03. The third-order valence-electron chi connectivity index (χ3n) is 9.63. The fourth-order valence-corrected chi connectivity index (χ4v) is 7.03. The van der Waals surface area contributed by atoms with E-state index in [9.17, 15) is 0 Å². The molecule has 3 N–H and O–H groups in total. The van der Waals surface area contributed by atoms with Gasteiger partial charge in [0.2, 0.25) is 0 Å². The Labute approximate surface area is 292 Å². The van der Waals surface area contributed by atoms with Crippen molar-refractivity contribution in [2.45, 2.75) is 18.2 Å². The summed E-state index contributed by atoms with van der Waals surface area (Å²) in [4.78, 5) is 9.76. The standard InChI is InChI=1S/C45H35N5/c1-3-11-30(12-4-1)43-29-44(50-45(49-43)33-13-5-2-6-14-33)37-16-8-7-15-36(37)34-20-18-31-22-24-38(47-41(31)27-34)35-21-19-32-23-25-40(48-42(32)28-35)39-17-9-10-26-46-39/h1-29,40,43,45,48-50H. The summed E-state index contributed by atoms with van der Waals surface area (Å²) in [7, 11) is 0. The minimum atomic E-state index is -0.0453. The fraction of sp³-hybridized carbons (Fsp3) is 0.0667. The number of rotatable bonds is 6. The van der Waals surface area contributed by atoms with Gasteiger partial charge in [0.25, 0.3) is 0 Å². The highest BCUT2D eigenvalue weighted by atomic mass is 15.2. The van der Waals surface area contributed by atoms with Crippen LogP contribution in [0.15, 0.2) is 170 Å². The highest BCUT2D eigenvalue weighted by molar-refractivity contribution is 5.90. The van der Waals surface area contributed by atoms with Crippen LogP contribution >= 0.6 is 0 Å². The van der Waals surface area contributed by atoms with Gasteiger partial charge in [0.15, 0.2) is 0 Å². The van der Waals surface area contributed by atoms with Crippen LogP contribution in [0.25, 0.3) is 45.1 Å². The molecule has 2 aromatic heterocycles. The molecule has 9 rings (SSSR count). The molecular weight excluding hydrogens is 611 g/mol. The largest absolute Gasteiger partial charge is 0.373 e. The van der Waals surface area contributed by atoms with Crippen molar-refractivity contribution >= 4 is 28.4 Å². The number of pyridine rings is 2. The molecule has 2 aliphatic heterocycles. The van der Waals surface area contributed by atoms with Crippen molar-refractivity contribution in [2.24, 2.45) is 0 Å². The zero-order valence-corrected chi connectivity index (χ0v) is 27.4. The normalized spacial score (nSPS) is 18.1. The summed E-state index contributed by atoms with van der Waals surface area (Å²) < 4.78 is 0. The van der Waals surface area contributed by atoms with Crippen molar-refractivity contribution in [2.75, 3.05) is 5.32 Å². The summed E-state index contributed by atoms with van der Waals surface area (Å²) in [6.07, 6.45) is 8.44. The van der Waals surface area contributed by atoms with Crippen molar-refractivity contribution < 1.29 is 0 Å². The Hall–Kier alpha value is -6.30. The van der Waals surface area contributed by atoms with Crippen molar-refractivity contribution in [3.8, 4) is 22.4 Å². The Balaban J connectivity index is 1.07. The van der Waals surface area contributed by atoms with Crippen LogP contribution in [0.1, 0.15) is 46.2 Å². The predicted molar refractivity (Wildman–Crippen MR) is 205 cm³/mol. The molecule has 0 amide bonds. The molecule has 2 aliphatic rings. The molecule has 50 heavy (non-hydrogen) atoms. The van der Waals surface area contributed by atoms with Crippen molar-refractivity contribution in [3.63, 3.8) is 0 Å². The lowest BCUT2D eigenvalue weighted by Gasteiger charge is -2.33. The van der Waals surface area contributed by atoms with Gasteiger partial charge < -0.3 is 10.6 Å². The first-order chi connectivity index (χ1) is 24.7. The first-order valence-electron chi connectivity index (χ1n) is 17.1. The summed E-state index contributed by atoms with van der Waals surface area (Å²) in [6.45, 7) is 0. The van der Waals surface area contributed by atoms with Crippen LogP contribution in [0.5, 0.6) is 0 Å². The Morgan fingerprint density at radius 3 is 2.12 bits per heavy atom. The van der Waals surface area contributed by atoms with E-state index >= 15 is 0 Å². The van der Waals surface area contributed by atoms with E-state index in [-0.39, 0.29) is 18.2 Å². The zero-order valence-electron chi connectivity index (χ0n) is 27.4. The molecule has 0 radical (unpaired) electrons. The number of fused-ring (bicyclic) bond motifs is 2. The van der Waals surface area contributed by atoms with Crippen LogP contribution in [-0.2, 0) is 0 Å². The van der Waals surface area contributed by atoms with Crippen LogP contribution < -0.4 is 16.0 Å². The molecule has 240 valence electrons. The van der Waals surface area contributed by atoms with E-state index in [1.807, 2.05) is 18.3 Å². The third kappa shape index (κ3) is 5.85. The van der Waals surface area contributed by atoms with Crippen LogP contribution in [0.2, 0.25) is 0 Å². The average Bonchev–Trinajstić information content (AvgIpc) is 3.21. The van der Waals surface area contributed by atoms with Gasteiger partial charge in [0, 0.05) is 34.1 Å². The number of nitrogens with zero attached hydrogens (tertiary/aromatic N) is 2. The predicted octanol–water partition coefficient (Wildman–Crippen LogP) is 10.1. The highest BCUT2D eigenvalue weighted by Crippen LogP contribution is 2.37. The molecule has 3 atom stereocenters. The number of nitrogens with one attached hydrogen (secondary N) is 3. The van der Waals surface area contributed by atoms with Gasteiger partial charge in [-0.05, 0) is 64.2 Å². The van der Waals surface area contributed by atoms with Gasteiger partial charge in [-0.2, -0.15) is 0 Å². The van der Waals surface area contributed by atoms with Gasteiger partial charge in [-0.25, -0.2) is 4.98 Å². The number of aromatic nitrogens is 2. The van der Waals surface area contributed by atoms with Gasteiger partial charge in [-0.1, -0.05) is 133 Å². The minimum absolute atomic E-state index is 0.0293. The van der Waals surface area contributed by atoms with E-state index < -0.39 is 0 Å². The smallest absolute Gasteiger partial charge is 0.104 e. The lowest BCUT2D eigenvalue weighted by Crippen LogP contribution is -2.39. The maximum Gasteiger partial charge on any atom is 0.104 e. The summed E-state index contributed by atoms with van der Waals surface area (Å²) in [5.41, 5.74) is 13.2. The third-order valence-corrected chi connectivity index (χ3v) is 9.63. The summed E-state index contributed by atoms with van der Waals surface area (Å²) in [5.74, 6) is 0. The van der Waals surface area contributed by atoms with E-state index in [1.165, 1.54) is 11.1 Å². The zero-order chi connectivity index (χ0) is 33.3. The van der Waals surface area contributed by atoms with Gasteiger partial charge in [-0.3, -0.25) is 10.3 Å². The van der Waals surface area contributed by atoms with Crippen LogP contribution in [0.3, 0.4) is 0 Å². The average molecular weight is 646 g/mol. The molecule has 0 spiro atoms. The number of anilines is 1. The Kier molecular flexibility index (Phi) is 7.72. The molecule has 5 heteroatoms. The van der Waals surface area contributed by atoms with Crippen LogP contribution in [-0.4, -0.2) is 9.97 Å². The lowest BCUT2D eigenvalue weighted by molar-refractivity contribution is 0.443. The number of hydrogen-bond donors (Lipinski definition) is 3. The van der Waals surface area contributed by atoms with E-state index in [0.29, 0.717) is 0 Å². The second-order valence-electron chi connectivity index (χ2n) is 12.8. The monoisotopic (exact) mass is 645 g/mol. The molecule has 3 unspecified atom stereocenters. The SMILES string of the molecule is C1=CC(c2ccccn2)Nc2cc(-c3ccc4ccc(-c5ccccc5C5=CC(c6ccccc6)NC(c6ccccc6)N5)cc4n3)ccc21. The molecule has 0 saturated heterocycles. The molecule has 5 nitrogen and oxygen atoms in total. The Bertz CT molecular complexity index is 2370. The molecular formula is C45H35N5. The first kappa shape index (κ1) is 29.8. The van der Waals surface area contributed by atoms with Gasteiger partial charge in [0.05, 0.1) is 29.0 Å². The second-order valence-corrected chi connectivity index (χ2v) is 12.8. The molecule has 0 saturated carbocycles. The van der Waals surface area contributed by atoms with Crippen molar-refractivity contribution in [3.05, 3.63) is 198 Å². The quantitative estimate of drug-likeness (QED) is 0.168.